The van der Waals surface area contributed by atoms with Crippen molar-refractivity contribution in [1.82, 2.24) is 0 Å². The van der Waals surface area contributed by atoms with Crippen LogP contribution in [0.2, 0.25) is 0 Å². The Hall–Kier alpha value is -0.770. The molecule has 0 bridgehead atoms. The molecular formula is C17H33NO4P+. The minimum absolute atomic E-state index is 0.158. The molecule has 0 aliphatic heterocycles. The van der Waals surface area contributed by atoms with Gasteiger partial charge in [0.05, 0.1) is 21.1 Å². The second kappa shape index (κ2) is 10.9. The summed E-state index contributed by atoms with van der Waals surface area (Å²) in [4.78, 5) is 33.8. The van der Waals surface area contributed by atoms with Gasteiger partial charge in [-0.05, 0) is 18.8 Å². The number of hydrogen-bond acceptors (Lipinski definition) is 4. The van der Waals surface area contributed by atoms with Gasteiger partial charge < -0.3 is 14.1 Å². The van der Waals surface area contributed by atoms with Crippen LogP contribution in [0.3, 0.4) is 0 Å². The van der Waals surface area contributed by atoms with Crippen molar-refractivity contribution >= 4 is 19.6 Å². The number of hydrogen-bond donors (Lipinski definition) is 1. The van der Waals surface area contributed by atoms with Gasteiger partial charge in [0, 0.05) is 12.2 Å². The molecule has 0 aliphatic carbocycles. The monoisotopic (exact) mass is 346 g/mol. The third kappa shape index (κ3) is 10.6. The van der Waals surface area contributed by atoms with Crippen LogP contribution in [0.25, 0.3) is 0 Å². The highest BCUT2D eigenvalue weighted by molar-refractivity contribution is 7.69. The van der Waals surface area contributed by atoms with Gasteiger partial charge in [-0.15, -0.1) is 0 Å². The quantitative estimate of drug-likeness (QED) is 0.255. The molecule has 2 unspecified atom stereocenters. The molecule has 0 saturated carbocycles. The van der Waals surface area contributed by atoms with Crippen molar-refractivity contribution in [3.63, 3.8) is 0 Å². The maximum atomic E-state index is 12.1. The average molecular weight is 346 g/mol. The Balaban J connectivity index is 4.69. The van der Waals surface area contributed by atoms with Crippen molar-refractivity contribution in [2.45, 2.75) is 45.6 Å². The second-order valence-corrected chi connectivity index (χ2v) is 8.61. The predicted molar refractivity (Wildman–Crippen MR) is 95.3 cm³/mol. The number of esters is 1. The summed E-state index contributed by atoms with van der Waals surface area (Å²) in [6.45, 7) is 7.96. The Bertz CT molecular complexity index is 389. The molecule has 0 aliphatic rings. The number of ether oxygens (including phenoxy) is 1. The van der Waals surface area contributed by atoms with Crippen LogP contribution in [0.1, 0.15) is 39.5 Å². The minimum atomic E-state index is -1.79. The van der Waals surface area contributed by atoms with Crippen LogP contribution in [0, 0.1) is 5.92 Å². The van der Waals surface area contributed by atoms with E-state index in [9.17, 15) is 14.5 Å². The first-order chi connectivity index (χ1) is 10.6. The third-order valence-corrected chi connectivity index (χ3v) is 5.25. The van der Waals surface area contributed by atoms with E-state index in [1.165, 1.54) is 0 Å². The Morgan fingerprint density at radius 2 is 1.78 bits per heavy atom. The lowest BCUT2D eigenvalue weighted by molar-refractivity contribution is -0.861. The summed E-state index contributed by atoms with van der Waals surface area (Å²) in [5.74, 6) is 0.0776. The van der Waals surface area contributed by atoms with Crippen LogP contribution in [0.5, 0.6) is 0 Å². The molecule has 6 heteroatoms. The van der Waals surface area contributed by atoms with E-state index in [0.717, 1.165) is 25.3 Å². The Morgan fingerprint density at radius 1 is 1.22 bits per heavy atom. The van der Waals surface area contributed by atoms with Gasteiger partial charge in [-0.1, -0.05) is 33.3 Å². The first-order valence-corrected chi connectivity index (χ1v) is 9.73. The maximum Gasteiger partial charge on any atom is 0.330 e. The second-order valence-electron chi connectivity index (χ2n) is 6.95. The van der Waals surface area contributed by atoms with Crippen LogP contribution in [0.15, 0.2) is 12.7 Å². The van der Waals surface area contributed by atoms with Gasteiger partial charge in [-0.2, -0.15) is 0 Å². The average Bonchev–Trinajstić information content (AvgIpc) is 2.45. The van der Waals surface area contributed by atoms with Crippen molar-refractivity contribution in [1.29, 1.82) is 0 Å². The van der Waals surface area contributed by atoms with Gasteiger partial charge in [0.1, 0.15) is 20.8 Å². The summed E-state index contributed by atoms with van der Waals surface area (Å²) >= 11 is 0. The van der Waals surface area contributed by atoms with Gasteiger partial charge in [0.15, 0.2) is 0 Å². The highest BCUT2D eigenvalue weighted by Crippen LogP contribution is 2.34. The minimum Gasteiger partial charge on any atom is -0.459 e. The summed E-state index contributed by atoms with van der Waals surface area (Å²) in [5.41, 5.74) is -0.158. The molecule has 0 rings (SSSR count). The van der Waals surface area contributed by atoms with E-state index in [-0.39, 0.29) is 18.2 Å². The summed E-state index contributed by atoms with van der Waals surface area (Å²) in [6.07, 6.45) is 4.66. The molecule has 0 heterocycles. The lowest BCUT2D eigenvalue weighted by atomic mass is 9.96. The first-order valence-electron chi connectivity index (χ1n) is 8.25. The standard InChI is InChI=1S/C17H33NO4P/c1-7-14(8-2)10-11-15(22-16(19)9-3)13-23(21)17(20)12-18(4,5)6/h9,14-15,21H,3,7-8,10-13H2,1-2,4-6H3/q+1. The molecule has 0 radical (unpaired) electrons. The summed E-state index contributed by atoms with van der Waals surface area (Å²) in [7, 11) is 3.93. The zero-order valence-corrected chi connectivity index (χ0v) is 16.1. The van der Waals surface area contributed by atoms with Crippen molar-refractivity contribution in [2.24, 2.45) is 5.92 Å². The van der Waals surface area contributed by atoms with Crippen molar-refractivity contribution < 1.29 is 23.7 Å². The zero-order chi connectivity index (χ0) is 18.0. The van der Waals surface area contributed by atoms with E-state index in [4.69, 9.17) is 4.74 Å². The van der Waals surface area contributed by atoms with Crippen molar-refractivity contribution in [3.05, 3.63) is 12.7 Å². The van der Waals surface area contributed by atoms with E-state index in [0.29, 0.717) is 16.8 Å². The van der Waals surface area contributed by atoms with E-state index >= 15 is 0 Å². The molecular weight excluding hydrogens is 313 g/mol. The Labute approximate surface area is 142 Å². The fourth-order valence-corrected chi connectivity index (χ4v) is 3.73. The molecule has 0 spiro atoms. The number of rotatable bonds is 12. The SMILES string of the molecule is C=CC(=O)OC(CCC(CC)CC)CP(O)C(=O)C[N+](C)(C)C. The largest absolute Gasteiger partial charge is 0.459 e. The summed E-state index contributed by atoms with van der Waals surface area (Å²) in [5, 5.41) is 0. The third-order valence-electron chi connectivity index (χ3n) is 3.78. The molecule has 0 aromatic rings. The van der Waals surface area contributed by atoms with Crippen LogP contribution < -0.4 is 0 Å². The molecule has 0 saturated heterocycles. The van der Waals surface area contributed by atoms with E-state index in [1.54, 1.807) is 0 Å². The molecule has 1 N–H and O–H groups in total. The first kappa shape index (κ1) is 22.2. The number of likely N-dealkylation sites (N-methyl/N-ethyl adjacent to an activating group) is 1. The fourth-order valence-electron chi connectivity index (χ4n) is 2.30. The van der Waals surface area contributed by atoms with Crippen LogP contribution in [-0.4, -0.2) is 60.8 Å². The lowest BCUT2D eigenvalue weighted by Crippen LogP contribution is -2.39. The van der Waals surface area contributed by atoms with E-state index in [2.05, 4.69) is 20.4 Å². The van der Waals surface area contributed by atoms with Crippen LogP contribution in [0.4, 0.5) is 0 Å². The molecule has 134 valence electrons. The Morgan fingerprint density at radius 3 is 2.22 bits per heavy atom. The van der Waals surface area contributed by atoms with Gasteiger partial charge in [-0.3, -0.25) is 4.79 Å². The van der Waals surface area contributed by atoms with Gasteiger partial charge in [-0.25, -0.2) is 4.79 Å². The smallest absolute Gasteiger partial charge is 0.330 e. The highest BCUT2D eigenvalue weighted by atomic mass is 31.1. The summed E-state index contributed by atoms with van der Waals surface area (Å²) in [6, 6.07) is 0. The summed E-state index contributed by atoms with van der Waals surface area (Å²) < 4.78 is 5.81. The highest BCUT2D eigenvalue weighted by Gasteiger charge is 2.27. The molecule has 5 nitrogen and oxygen atoms in total. The lowest BCUT2D eigenvalue weighted by Gasteiger charge is -2.25. The topological polar surface area (TPSA) is 63.6 Å². The number of nitrogens with zero attached hydrogens (tertiary/aromatic N) is 1. The van der Waals surface area contributed by atoms with Crippen LogP contribution >= 0.6 is 8.15 Å². The number of quaternary nitrogens is 1. The van der Waals surface area contributed by atoms with Crippen molar-refractivity contribution in [2.75, 3.05) is 33.8 Å². The van der Waals surface area contributed by atoms with Gasteiger partial charge in [0.2, 0.25) is 5.52 Å². The molecule has 0 aromatic heterocycles. The fraction of sp³-hybridized carbons (Fsp3) is 0.765. The number of carbonyl (C=O) groups excluding carboxylic acids is 2. The van der Waals surface area contributed by atoms with Gasteiger partial charge in [0.25, 0.3) is 0 Å². The molecule has 0 amide bonds. The van der Waals surface area contributed by atoms with Crippen LogP contribution in [-0.2, 0) is 14.3 Å². The molecule has 0 fully saturated rings. The normalized spacial score (nSPS) is 14.4. The van der Waals surface area contributed by atoms with E-state index < -0.39 is 20.2 Å². The molecule has 0 aromatic carbocycles. The number of carbonyl (C=O) groups is 2. The Kier molecular flexibility index (Phi) is 10.5. The van der Waals surface area contributed by atoms with Gasteiger partial charge >= 0.3 is 5.97 Å². The molecule has 23 heavy (non-hydrogen) atoms. The zero-order valence-electron chi connectivity index (χ0n) is 15.2. The van der Waals surface area contributed by atoms with Crippen molar-refractivity contribution in [3.8, 4) is 0 Å². The molecule has 2 atom stereocenters. The maximum absolute atomic E-state index is 12.1. The van der Waals surface area contributed by atoms with E-state index in [1.807, 2.05) is 21.1 Å². The predicted octanol–water partition coefficient (Wildman–Crippen LogP) is 2.92.